The van der Waals surface area contributed by atoms with Gasteiger partial charge in [-0.25, -0.2) is 4.98 Å². The first-order valence-electron chi connectivity index (χ1n) is 10.2. The van der Waals surface area contributed by atoms with Gasteiger partial charge in [0, 0.05) is 31.9 Å². The van der Waals surface area contributed by atoms with E-state index in [4.69, 9.17) is 4.74 Å². The van der Waals surface area contributed by atoms with Crippen molar-refractivity contribution in [1.29, 1.82) is 0 Å². The van der Waals surface area contributed by atoms with Crippen LogP contribution in [0.3, 0.4) is 0 Å². The quantitative estimate of drug-likeness (QED) is 0.337. The number of esters is 1. The Bertz CT molecular complexity index is 1030. The molecule has 1 aliphatic heterocycles. The van der Waals surface area contributed by atoms with Crippen LogP contribution in [-0.2, 0) is 20.4 Å². The van der Waals surface area contributed by atoms with E-state index in [0.717, 1.165) is 17.4 Å². The molecule has 0 saturated carbocycles. The molecule has 1 N–H and O–H groups in total. The molecule has 0 unspecified atom stereocenters. The number of nitrogens with zero attached hydrogens (tertiary/aromatic N) is 2. The van der Waals surface area contributed by atoms with Crippen LogP contribution in [0.1, 0.15) is 35.2 Å². The van der Waals surface area contributed by atoms with Gasteiger partial charge in [0.1, 0.15) is 12.4 Å². The summed E-state index contributed by atoms with van der Waals surface area (Å²) in [6.45, 7) is -0.714. The van der Waals surface area contributed by atoms with Crippen LogP contribution >= 0.6 is 11.3 Å². The number of alkyl halides is 6. The molecule has 34 heavy (non-hydrogen) atoms. The van der Waals surface area contributed by atoms with E-state index in [2.05, 4.69) is 15.0 Å². The summed E-state index contributed by atoms with van der Waals surface area (Å²) in [5.41, 5.74) is -0.845. The fourth-order valence-electron chi connectivity index (χ4n) is 3.64. The summed E-state index contributed by atoms with van der Waals surface area (Å²) >= 11 is 0.798. The molecule has 1 amide bonds. The van der Waals surface area contributed by atoms with E-state index in [1.54, 1.807) is 4.90 Å². The summed E-state index contributed by atoms with van der Waals surface area (Å²) in [6.07, 6.45) is -8.57. The number of halogens is 6. The molecular formula is C20H21F6N3O4S. The summed E-state index contributed by atoms with van der Waals surface area (Å²) in [5.74, 6) is -1.27. The second-order valence-corrected chi connectivity index (χ2v) is 8.46. The van der Waals surface area contributed by atoms with E-state index < -0.39 is 43.2 Å². The average Bonchev–Trinajstić information content (AvgIpc) is 3.18. The lowest BCUT2D eigenvalue weighted by Crippen LogP contribution is -2.35. The monoisotopic (exact) mass is 513 g/mol. The minimum Gasteiger partial charge on any atom is -0.463 e. The molecular weight excluding hydrogens is 492 g/mol. The third kappa shape index (κ3) is 6.50. The number of rotatable bonds is 7. The van der Waals surface area contributed by atoms with E-state index in [0.29, 0.717) is 25.9 Å². The van der Waals surface area contributed by atoms with Gasteiger partial charge in [0.25, 0.3) is 5.91 Å². The lowest BCUT2D eigenvalue weighted by Gasteiger charge is -2.32. The SMILES string of the molecule is CNC(=O)c1csc2c(C(F)(F)F)cc(N3CCC(CC(=O)OCCOC(F)(F)F)CC3)nc12. The number of ether oxygens (including phenoxy) is 2. The van der Waals surface area contributed by atoms with Crippen LogP contribution in [0.25, 0.3) is 10.2 Å². The minimum atomic E-state index is -4.80. The smallest absolute Gasteiger partial charge is 0.463 e. The van der Waals surface area contributed by atoms with Crippen LogP contribution in [0.2, 0.25) is 0 Å². The molecule has 0 radical (unpaired) electrons. The predicted octanol–water partition coefficient (Wildman–Crippen LogP) is 4.36. The zero-order valence-electron chi connectivity index (χ0n) is 17.9. The number of carbonyl (C=O) groups excluding carboxylic acids is 2. The van der Waals surface area contributed by atoms with Crippen LogP contribution in [0.15, 0.2) is 11.4 Å². The molecule has 0 spiro atoms. The molecule has 3 rings (SSSR count). The molecule has 0 aliphatic carbocycles. The Morgan fingerprint density at radius 3 is 2.44 bits per heavy atom. The molecule has 2 aromatic rings. The van der Waals surface area contributed by atoms with Crippen molar-refractivity contribution >= 4 is 39.2 Å². The van der Waals surface area contributed by atoms with Crippen molar-refractivity contribution in [3.8, 4) is 0 Å². The van der Waals surface area contributed by atoms with Gasteiger partial charge >= 0.3 is 18.5 Å². The third-order valence-electron chi connectivity index (χ3n) is 5.29. The molecule has 3 heterocycles. The first-order chi connectivity index (χ1) is 15.9. The van der Waals surface area contributed by atoms with Crippen LogP contribution in [-0.4, -0.2) is 56.6 Å². The van der Waals surface area contributed by atoms with Gasteiger partial charge in [-0.1, -0.05) is 0 Å². The van der Waals surface area contributed by atoms with Gasteiger partial charge in [-0.3, -0.25) is 14.3 Å². The van der Waals surface area contributed by atoms with Gasteiger partial charge in [0.2, 0.25) is 0 Å². The van der Waals surface area contributed by atoms with E-state index in [9.17, 15) is 35.9 Å². The van der Waals surface area contributed by atoms with Crippen LogP contribution in [0.4, 0.5) is 32.2 Å². The Morgan fingerprint density at radius 1 is 1.18 bits per heavy atom. The summed E-state index contributed by atoms with van der Waals surface area (Å²) in [5, 5.41) is 3.73. The van der Waals surface area contributed by atoms with Crippen LogP contribution in [0, 0.1) is 5.92 Å². The van der Waals surface area contributed by atoms with Crippen molar-refractivity contribution in [2.45, 2.75) is 31.8 Å². The van der Waals surface area contributed by atoms with Crippen molar-refractivity contribution in [3.63, 3.8) is 0 Å². The molecule has 0 aromatic carbocycles. The summed E-state index contributed by atoms with van der Waals surface area (Å²) in [6, 6.07) is 0.960. The van der Waals surface area contributed by atoms with Crippen LogP contribution in [0.5, 0.6) is 0 Å². The van der Waals surface area contributed by atoms with E-state index >= 15 is 0 Å². The number of amides is 1. The first-order valence-corrected chi connectivity index (χ1v) is 11.1. The number of pyridine rings is 1. The Hall–Kier alpha value is -2.61. The Kier molecular flexibility index (Phi) is 7.91. The van der Waals surface area contributed by atoms with E-state index in [1.165, 1.54) is 12.4 Å². The van der Waals surface area contributed by atoms with E-state index in [1.807, 2.05) is 0 Å². The summed E-state index contributed by atoms with van der Waals surface area (Å²) in [7, 11) is 1.37. The van der Waals surface area contributed by atoms with Gasteiger partial charge in [-0.05, 0) is 24.8 Å². The first kappa shape index (κ1) is 26.0. The molecule has 1 saturated heterocycles. The van der Waals surface area contributed by atoms with Gasteiger partial charge in [-0.2, -0.15) is 13.2 Å². The maximum atomic E-state index is 13.7. The molecule has 1 aliphatic rings. The van der Waals surface area contributed by atoms with Crippen molar-refractivity contribution in [2.75, 3.05) is 38.3 Å². The second-order valence-electron chi connectivity index (χ2n) is 7.58. The minimum absolute atomic E-state index is 0.0223. The Labute approximate surface area is 194 Å². The highest BCUT2D eigenvalue weighted by Gasteiger charge is 2.36. The third-order valence-corrected chi connectivity index (χ3v) is 6.29. The number of carbonyl (C=O) groups is 2. The maximum absolute atomic E-state index is 13.7. The highest BCUT2D eigenvalue weighted by molar-refractivity contribution is 7.17. The number of fused-ring (bicyclic) bond motifs is 1. The van der Waals surface area contributed by atoms with Gasteiger partial charge in [0.15, 0.2) is 0 Å². The van der Waals surface area contributed by atoms with E-state index in [-0.39, 0.29) is 33.9 Å². The average molecular weight is 513 g/mol. The van der Waals surface area contributed by atoms with Gasteiger partial charge in [-0.15, -0.1) is 24.5 Å². The zero-order chi connectivity index (χ0) is 25.1. The standard InChI is InChI=1S/C20H21F6N3O4S/c1-27-18(31)12-10-34-17-13(19(21,22)23)9-14(28-16(12)17)29-4-2-11(3-5-29)8-15(30)32-6-7-33-20(24,25)26/h9-11H,2-8H2,1H3,(H,27,31). The van der Waals surface area contributed by atoms with Gasteiger partial charge < -0.3 is 15.0 Å². The molecule has 14 heteroatoms. The highest BCUT2D eigenvalue weighted by atomic mass is 32.1. The number of aromatic nitrogens is 1. The Balaban J connectivity index is 1.65. The summed E-state index contributed by atoms with van der Waals surface area (Å²) in [4.78, 5) is 29.9. The van der Waals surface area contributed by atoms with Crippen molar-refractivity contribution in [1.82, 2.24) is 10.3 Å². The van der Waals surface area contributed by atoms with Crippen molar-refractivity contribution in [2.24, 2.45) is 5.92 Å². The van der Waals surface area contributed by atoms with Crippen LogP contribution < -0.4 is 10.2 Å². The predicted molar refractivity (Wildman–Crippen MR) is 111 cm³/mol. The molecule has 0 atom stereocenters. The lowest BCUT2D eigenvalue weighted by atomic mass is 9.93. The number of piperidine rings is 1. The normalized spacial score (nSPS) is 15.6. The van der Waals surface area contributed by atoms with Crippen molar-refractivity contribution < 1.29 is 45.4 Å². The van der Waals surface area contributed by atoms with Crippen molar-refractivity contribution in [3.05, 3.63) is 22.6 Å². The topological polar surface area (TPSA) is 80.8 Å². The maximum Gasteiger partial charge on any atom is 0.522 e. The molecule has 0 bridgehead atoms. The number of nitrogens with one attached hydrogen (secondary N) is 1. The number of hydrogen-bond donors (Lipinski definition) is 1. The zero-order valence-corrected chi connectivity index (χ0v) is 18.7. The summed E-state index contributed by atoms with van der Waals surface area (Å²) < 4.78 is 85.0. The second kappa shape index (κ2) is 10.3. The molecule has 1 fully saturated rings. The Morgan fingerprint density at radius 2 is 1.85 bits per heavy atom. The molecule has 2 aromatic heterocycles. The van der Waals surface area contributed by atoms with Gasteiger partial charge in [0.05, 0.1) is 28.0 Å². The number of hydrogen-bond acceptors (Lipinski definition) is 7. The number of anilines is 1. The number of thiophene rings is 1. The molecule has 188 valence electrons. The molecule has 7 nitrogen and oxygen atoms in total. The lowest BCUT2D eigenvalue weighted by molar-refractivity contribution is -0.326. The fraction of sp³-hybridized carbons (Fsp3) is 0.550. The largest absolute Gasteiger partial charge is 0.522 e. The fourth-order valence-corrected chi connectivity index (χ4v) is 4.66. The highest BCUT2D eigenvalue weighted by Crippen LogP contribution is 2.40.